The third-order valence-electron chi connectivity index (χ3n) is 6.77. The Balaban J connectivity index is 1.36. The van der Waals surface area contributed by atoms with Crippen LogP contribution >= 0.6 is 0 Å². The van der Waals surface area contributed by atoms with E-state index in [2.05, 4.69) is 27.5 Å². The fraction of sp³-hybridized carbons (Fsp3) is 0.240. The number of aryl methyl sites for hydroxylation is 2. The largest absolute Gasteiger partial charge is 0.334 e. The fourth-order valence-electron chi connectivity index (χ4n) is 5.02. The Kier molecular flexibility index (Phi) is 4.41. The smallest absolute Gasteiger partial charge is 0.255 e. The van der Waals surface area contributed by atoms with Gasteiger partial charge in [-0.1, -0.05) is 12.1 Å². The van der Waals surface area contributed by atoms with E-state index in [9.17, 15) is 14.4 Å². The summed E-state index contributed by atoms with van der Waals surface area (Å²) in [6.07, 6.45) is 4.21. The number of carbonyl (C=O) groups is 3. The van der Waals surface area contributed by atoms with Crippen molar-refractivity contribution in [3.8, 4) is 22.4 Å². The topological polar surface area (TPSA) is 102 Å². The molecule has 0 saturated carbocycles. The molecule has 2 aromatic carbocycles. The molecule has 4 heterocycles. The molecule has 34 heavy (non-hydrogen) atoms. The van der Waals surface area contributed by atoms with Gasteiger partial charge in [-0.3, -0.25) is 24.4 Å². The second-order valence-electron chi connectivity index (χ2n) is 8.86. The summed E-state index contributed by atoms with van der Waals surface area (Å²) in [5.74, 6) is -0.874. The molecular weight excluding hydrogens is 432 g/mol. The van der Waals surface area contributed by atoms with Crippen LogP contribution in [0.5, 0.6) is 0 Å². The Morgan fingerprint density at radius 1 is 1.00 bits per heavy atom. The highest BCUT2D eigenvalue weighted by molar-refractivity contribution is 6.05. The molecule has 0 radical (unpaired) electrons. The quantitative estimate of drug-likeness (QED) is 0.479. The maximum absolute atomic E-state index is 13.0. The van der Waals surface area contributed by atoms with Gasteiger partial charge in [0.1, 0.15) is 6.04 Å². The number of carbonyl (C=O) groups excluding carboxylic acids is 3. The van der Waals surface area contributed by atoms with E-state index in [-0.39, 0.29) is 18.2 Å². The Hall–Kier alpha value is -4.27. The molecule has 2 aliphatic heterocycles. The molecule has 1 fully saturated rings. The lowest BCUT2D eigenvalue weighted by Gasteiger charge is -2.29. The number of piperidine rings is 1. The van der Waals surface area contributed by atoms with Crippen molar-refractivity contribution in [3.05, 3.63) is 60.0 Å². The SMILES string of the molecule is Cn1ncc(-c2ccc3c(c2)CN(C2CCC(=O)NC2=O)C3=O)c1-c1ccc2c(c1)ncn2C. The van der Waals surface area contributed by atoms with Gasteiger partial charge in [0, 0.05) is 43.8 Å². The van der Waals surface area contributed by atoms with E-state index in [1.807, 2.05) is 53.8 Å². The van der Waals surface area contributed by atoms with Gasteiger partial charge in [0.2, 0.25) is 11.8 Å². The van der Waals surface area contributed by atoms with E-state index in [0.29, 0.717) is 18.5 Å². The summed E-state index contributed by atoms with van der Waals surface area (Å²) in [6, 6.07) is 11.3. The van der Waals surface area contributed by atoms with E-state index in [1.165, 1.54) is 0 Å². The van der Waals surface area contributed by atoms with E-state index in [1.54, 1.807) is 11.2 Å². The summed E-state index contributed by atoms with van der Waals surface area (Å²) in [4.78, 5) is 42.9. The Labute approximate surface area is 195 Å². The zero-order valence-electron chi connectivity index (χ0n) is 18.8. The molecule has 0 bridgehead atoms. The van der Waals surface area contributed by atoms with Crippen molar-refractivity contribution in [2.75, 3.05) is 0 Å². The van der Waals surface area contributed by atoms with Crippen LogP contribution in [0, 0.1) is 0 Å². The standard InChI is InChI=1S/C25H22N6O3/c1-29-13-26-19-10-15(4-6-20(19)29)23-18(11-27-30(23)2)14-3-5-17-16(9-14)12-31(25(17)34)21-7-8-22(32)28-24(21)33/h3-6,9-11,13,21H,7-8,12H2,1-2H3,(H,28,32,33). The average molecular weight is 454 g/mol. The highest BCUT2D eigenvalue weighted by Crippen LogP contribution is 2.36. The Bertz CT molecular complexity index is 1510. The fourth-order valence-corrected chi connectivity index (χ4v) is 5.02. The first-order valence-corrected chi connectivity index (χ1v) is 11.1. The highest BCUT2D eigenvalue weighted by Gasteiger charge is 2.39. The maximum atomic E-state index is 13.0. The number of hydrogen-bond donors (Lipinski definition) is 1. The van der Waals surface area contributed by atoms with Gasteiger partial charge in [-0.25, -0.2) is 4.98 Å². The molecule has 2 aromatic heterocycles. The van der Waals surface area contributed by atoms with Gasteiger partial charge in [-0.2, -0.15) is 5.10 Å². The van der Waals surface area contributed by atoms with Crippen molar-refractivity contribution >= 4 is 28.8 Å². The Morgan fingerprint density at radius 3 is 2.65 bits per heavy atom. The van der Waals surface area contributed by atoms with E-state index in [4.69, 9.17) is 0 Å². The molecule has 170 valence electrons. The average Bonchev–Trinajstić information content (AvgIpc) is 3.49. The molecule has 1 unspecified atom stereocenters. The van der Waals surface area contributed by atoms with Gasteiger partial charge in [0.25, 0.3) is 5.91 Å². The minimum Gasteiger partial charge on any atom is -0.334 e. The zero-order valence-corrected chi connectivity index (χ0v) is 18.8. The van der Waals surface area contributed by atoms with E-state index in [0.717, 1.165) is 39.0 Å². The number of nitrogens with one attached hydrogen (secondary N) is 1. The van der Waals surface area contributed by atoms with Crippen molar-refractivity contribution in [2.24, 2.45) is 14.1 Å². The van der Waals surface area contributed by atoms with Gasteiger partial charge in [-0.15, -0.1) is 0 Å². The van der Waals surface area contributed by atoms with Crippen molar-refractivity contribution in [1.82, 2.24) is 29.5 Å². The first-order valence-electron chi connectivity index (χ1n) is 11.1. The Morgan fingerprint density at radius 2 is 1.82 bits per heavy atom. The molecule has 6 rings (SSSR count). The predicted molar refractivity (Wildman–Crippen MR) is 124 cm³/mol. The van der Waals surface area contributed by atoms with Gasteiger partial charge >= 0.3 is 0 Å². The molecule has 9 nitrogen and oxygen atoms in total. The third kappa shape index (κ3) is 3.04. The summed E-state index contributed by atoms with van der Waals surface area (Å²) in [5.41, 5.74) is 7.27. The summed E-state index contributed by atoms with van der Waals surface area (Å²) < 4.78 is 3.82. The molecule has 2 aliphatic rings. The molecule has 3 amide bonds. The summed E-state index contributed by atoms with van der Waals surface area (Å²) >= 11 is 0. The third-order valence-corrected chi connectivity index (χ3v) is 6.77. The first-order chi connectivity index (χ1) is 16.4. The summed E-state index contributed by atoms with van der Waals surface area (Å²) in [6.45, 7) is 0.337. The minimum absolute atomic E-state index is 0.178. The van der Waals surface area contributed by atoms with Crippen LogP contribution in [0.25, 0.3) is 33.4 Å². The molecular formula is C25H22N6O3. The van der Waals surface area contributed by atoms with Crippen LogP contribution in [-0.2, 0) is 30.2 Å². The summed E-state index contributed by atoms with van der Waals surface area (Å²) in [5, 5.41) is 6.84. The molecule has 9 heteroatoms. The number of fused-ring (bicyclic) bond motifs is 2. The summed E-state index contributed by atoms with van der Waals surface area (Å²) in [7, 11) is 3.87. The van der Waals surface area contributed by atoms with Gasteiger partial charge in [0.15, 0.2) is 0 Å². The van der Waals surface area contributed by atoms with Crippen LogP contribution < -0.4 is 5.32 Å². The minimum atomic E-state index is -0.625. The normalized spacial score (nSPS) is 18.0. The lowest BCUT2D eigenvalue weighted by Crippen LogP contribution is -2.52. The number of aromatic nitrogens is 4. The lowest BCUT2D eigenvalue weighted by molar-refractivity contribution is -0.136. The second kappa shape index (κ2) is 7.38. The molecule has 0 aliphatic carbocycles. The number of hydrogen-bond acceptors (Lipinski definition) is 5. The number of amides is 3. The molecule has 1 N–H and O–H groups in total. The van der Waals surface area contributed by atoms with Crippen LogP contribution in [0.1, 0.15) is 28.8 Å². The van der Waals surface area contributed by atoms with Crippen LogP contribution in [-0.4, -0.2) is 48.0 Å². The van der Waals surface area contributed by atoms with Crippen molar-refractivity contribution < 1.29 is 14.4 Å². The van der Waals surface area contributed by atoms with E-state index < -0.39 is 11.9 Å². The van der Waals surface area contributed by atoms with Crippen LogP contribution in [0.15, 0.2) is 48.9 Å². The molecule has 4 aromatic rings. The van der Waals surface area contributed by atoms with Gasteiger partial charge in [0.05, 0.1) is 29.3 Å². The zero-order chi connectivity index (χ0) is 23.6. The second-order valence-corrected chi connectivity index (χ2v) is 8.86. The van der Waals surface area contributed by atoms with Crippen LogP contribution in [0.2, 0.25) is 0 Å². The van der Waals surface area contributed by atoms with Crippen LogP contribution in [0.4, 0.5) is 0 Å². The van der Waals surface area contributed by atoms with E-state index >= 15 is 0 Å². The predicted octanol–water partition coefficient (Wildman–Crippen LogP) is 2.40. The number of imide groups is 1. The maximum Gasteiger partial charge on any atom is 0.255 e. The van der Waals surface area contributed by atoms with Crippen LogP contribution in [0.3, 0.4) is 0 Å². The highest BCUT2D eigenvalue weighted by atomic mass is 16.2. The van der Waals surface area contributed by atoms with Crippen molar-refractivity contribution in [2.45, 2.75) is 25.4 Å². The lowest BCUT2D eigenvalue weighted by atomic mass is 9.98. The molecule has 0 spiro atoms. The molecule has 1 saturated heterocycles. The number of nitrogens with zero attached hydrogens (tertiary/aromatic N) is 5. The van der Waals surface area contributed by atoms with Gasteiger partial charge < -0.3 is 9.47 Å². The van der Waals surface area contributed by atoms with Crippen molar-refractivity contribution in [3.63, 3.8) is 0 Å². The first kappa shape index (κ1) is 20.3. The van der Waals surface area contributed by atoms with Crippen molar-refractivity contribution in [1.29, 1.82) is 0 Å². The van der Waals surface area contributed by atoms with Gasteiger partial charge in [-0.05, 0) is 41.8 Å². The monoisotopic (exact) mass is 454 g/mol. The number of imidazole rings is 1. The number of rotatable bonds is 3. The molecule has 1 atom stereocenters. The number of benzene rings is 2.